The molecule has 144 valence electrons. The van der Waals surface area contributed by atoms with Crippen molar-refractivity contribution in [3.8, 4) is 11.3 Å². The Morgan fingerprint density at radius 1 is 1.18 bits per heavy atom. The van der Waals surface area contributed by atoms with Gasteiger partial charge in [-0.3, -0.25) is 0 Å². The van der Waals surface area contributed by atoms with E-state index >= 15 is 0 Å². The molecule has 0 saturated heterocycles. The van der Waals surface area contributed by atoms with Gasteiger partial charge in [-0.25, -0.2) is 19.5 Å². The first-order valence-corrected chi connectivity index (χ1v) is 9.89. The first kappa shape index (κ1) is 17.2. The number of aromatic nitrogens is 6. The van der Waals surface area contributed by atoms with Gasteiger partial charge in [0.15, 0.2) is 5.65 Å². The van der Waals surface area contributed by atoms with E-state index in [2.05, 4.69) is 45.7 Å². The summed E-state index contributed by atoms with van der Waals surface area (Å²) in [4.78, 5) is 14.0. The van der Waals surface area contributed by atoms with Gasteiger partial charge in [0.1, 0.15) is 11.3 Å². The monoisotopic (exact) mass is 375 g/mol. The zero-order chi connectivity index (χ0) is 19.5. The summed E-state index contributed by atoms with van der Waals surface area (Å²) < 4.78 is 4.01. The number of nitrogens with one attached hydrogen (secondary N) is 1. The third-order valence-corrected chi connectivity index (χ3v) is 5.72. The Bertz CT molecular complexity index is 1180. The van der Waals surface area contributed by atoms with Crippen LogP contribution in [0.3, 0.4) is 0 Å². The molecule has 1 saturated carbocycles. The lowest BCUT2D eigenvalue weighted by Crippen LogP contribution is -2.41. The van der Waals surface area contributed by atoms with Crippen LogP contribution in [0, 0.1) is 12.3 Å². The zero-order valence-electron chi connectivity index (χ0n) is 16.8. The van der Waals surface area contributed by atoms with Crippen molar-refractivity contribution < 1.29 is 0 Å². The van der Waals surface area contributed by atoms with Crippen molar-refractivity contribution in [3.05, 3.63) is 36.4 Å². The van der Waals surface area contributed by atoms with Crippen LogP contribution in [0.25, 0.3) is 27.9 Å². The van der Waals surface area contributed by atoms with Gasteiger partial charge in [0.25, 0.3) is 0 Å². The number of anilines is 1. The summed E-state index contributed by atoms with van der Waals surface area (Å²) in [6, 6.07) is 6.57. The lowest BCUT2D eigenvalue weighted by atomic mass is 9.68. The predicted molar refractivity (Wildman–Crippen MR) is 110 cm³/mol. The molecular formula is C21H25N7. The maximum atomic E-state index is 4.88. The van der Waals surface area contributed by atoms with Gasteiger partial charge in [-0.05, 0) is 50.3 Å². The van der Waals surface area contributed by atoms with E-state index in [1.165, 1.54) is 0 Å². The number of pyridine rings is 1. The van der Waals surface area contributed by atoms with Crippen LogP contribution in [0.5, 0.6) is 0 Å². The van der Waals surface area contributed by atoms with Crippen LogP contribution >= 0.6 is 0 Å². The van der Waals surface area contributed by atoms with Gasteiger partial charge >= 0.3 is 0 Å². The molecule has 1 aliphatic carbocycles. The van der Waals surface area contributed by atoms with Crippen LogP contribution in [0.2, 0.25) is 0 Å². The van der Waals surface area contributed by atoms with Crippen molar-refractivity contribution in [3.63, 3.8) is 0 Å². The minimum Gasteiger partial charge on any atom is -0.350 e. The molecule has 28 heavy (non-hydrogen) atoms. The van der Waals surface area contributed by atoms with Crippen molar-refractivity contribution in [2.24, 2.45) is 5.41 Å². The van der Waals surface area contributed by atoms with E-state index < -0.39 is 0 Å². The van der Waals surface area contributed by atoms with Crippen LogP contribution in [-0.2, 0) is 6.54 Å². The summed E-state index contributed by atoms with van der Waals surface area (Å²) in [6.45, 7) is 9.57. The van der Waals surface area contributed by atoms with Gasteiger partial charge < -0.3 is 9.88 Å². The fourth-order valence-electron chi connectivity index (χ4n) is 4.39. The van der Waals surface area contributed by atoms with E-state index in [9.17, 15) is 0 Å². The standard InChI is InChI=1S/C21H25N7/c1-5-27-13(2)23-17-7-6-16(25-19(17)27)15-8-9-28-18(15)12-22-20(26-28)24-14-10-21(3,4)11-14/h6-9,12,14H,5,10-11H2,1-4H3,(H,24,26). The molecule has 0 bridgehead atoms. The van der Waals surface area contributed by atoms with E-state index in [1.807, 2.05) is 42.0 Å². The highest BCUT2D eigenvalue weighted by atomic mass is 15.3. The highest BCUT2D eigenvalue weighted by Crippen LogP contribution is 2.41. The van der Waals surface area contributed by atoms with Crippen molar-refractivity contribution in [1.29, 1.82) is 0 Å². The normalized spacial score (nSPS) is 16.6. The summed E-state index contributed by atoms with van der Waals surface area (Å²) >= 11 is 0. The maximum absolute atomic E-state index is 4.88. The molecule has 7 heteroatoms. The number of hydrogen-bond acceptors (Lipinski definition) is 5. The topological polar surface area (TPSA) is 72.9 Å². The Hall–Kier alpha value is -2.96. The molecule has 4 aromatic rings. The summed E-state index contributed by atoms with van der Waals surface area (Å²) in [5, 5.41) is 8.09. The van der Waals surface area contributed by atoms with Gasteiger partial charge in [-0.15, -0.1) is 5.10 Å². The van der Waals surface area contributed by atoms with E-state index in [0.29, 0.717) is 17.4 Å². The Morgan fingerprint density at radius 2 is 2.00 bits per heavy atom. The second-order valence-electron chi connectivity index (χ2n) is 8.50. The number of nitrogens with zero attached hydrogens (tertiary/aromatic N) is 6. The molecule has 4 aromatic heterocycles. The smallest absolute Gasteiger partial charge is 0.241 e. The first-order valence-electron chi connectivity index (χ1n) is 9.89. The maximum Gasteiger partial charge on any atom is 0.241 e. The molecule has 0 atom stereocenters. The molecule has 4 heterocycles. The SMILES string of the molecule is CCn1c(C)nc2ccc(-c3ccn4nc(NC5CC(C)(C)C5)ncc34)nc21. The molecule has 0 spiro atoms. The second-order valence-corrected chi connectivity index (χ2v) is 8.50. The van der Waals surface area contributed by atoms with Crippen molar-refractivity contribution in [1.82, 2.24) is 29.1 Å². The van der Waals surface area contributed by atoms with Crippen molar-refractivity contribution in [2.45, 2.75) is 53.1 Å². The molecule has 0 amide bonds. The number of hydrogen-bond donors (Lipinski definition) is 1. The Labute approximate surface area is 163 Å². The molecular weight excluding hydrogens is 350 g/mol. The molecule has 7 nitrogen and oxygen atoms in total. The molecule has 0 aromatic carbocycles. The van der Waals surface area contributed by atoms with E-state index in [-0.39, 0.29) is 0 Å². The fraction of sp³-hybridized carbons (Fsp3) is 0.429. The van der Waals surface area contributed by atoms with E-state index in [0.717, 1.165) is 53.1 Å². The van der Waals surface area contributed by atoms with Gasteiger partial charge in [-0.1, -0.05) is 13.8 Å². The lowest BCUT2D eigenvalue weighted by Gasteiger charge is -2.42. The second kappa shape index (κ2) is 6.02. The summed E-state index contributed by atoms with van der Waals surface area (Å²) in [5.74, 6) is 1.67. The van der Waals surface area contributed by atoms with Crippen LogP contribution in [-0.4, -0.2) is 35.2 Å². The van der Waals surface area contributed by atoms with Gasteiger partial charge in [-0.2, -0.15) is 0 Å². The Morgan fingerprint density at radius 3 is 2.75 bits per heavy atom. The summed E-state index contributed by atoms with van der Waals surface area (Å²) in [6.07, 6.45) is 6.15. The number of fused-ring (bicyclic) bond motifs is 2. The fourth-order valence-corrected chi connectivity index (χ4v) is 4.39. The van der Waals surface area contributed by atoms with Gasteiger partial charge in [0, 0.05) is 24.3 Å². The average molecular weight is 375 g/mol. The predicted octanol–water partition coefficient (Wildman–Crippen LogP) is 4.07. The third kappa shape index (κ3) is 2.73. The van der Waals surface area contributed by atoms with Gasteiger partial charge in [0.2, 0.25) is 5.95 Å². The van der Waals surface area contributed by atoms with Crippen LogP contribution in [0.1, 0.15) is 39.4 Å². The summed E-state index contributed by atoms with van der Waals surface area (Å²) in [5.41, 5.74) is 5.16. The summed E-state index contributed by atoms with van der Waals surface area (Å²) in [7, 11) is 0. The number of rotatable bonds is 4. The first-order chi connectivity index (χ1) is 13.4. The van der Waals surface area contributed by atoms with Gasteiger partial charge in [0.05, 0.1) is 17.4 Å². The van der Waals surface area contributed by atoms with Crippen molar-refractivity contribution in [2.75, 3.05) is 5.32 Å². The highest BCUT2D eigenvalue weighted by Gasteiger charge is 2.36. The molecule has 0 unspecified atom stereocenters. The van der Waals surface area contributed by atoms with Crippen LogP contribution in [0.4, 0.5) is 5.95 Å². The quantitative estimate of drug-likeness (QED) is 0.582. The Kier molecular flexibility index (Phi) is 3.69. The third-order valence-electron chi connectivity index (χ3n) is 5.72. The van der Waals surface area contributed by atoms with E-state index in [1.54, 1.807) is 0 Å². The molecule has 5 rings (SSSR count). The highest BCUT2D eigenvalue weighted by molar-refractivity contribution is 5.82. The van der Waals surface area contributed by atoms with Crippen molar-refractivity contribution >= 4 is 22.6 Å². The largest absolute Gasteiger partial charge is 0.350 e. The van der Waals surface area contributed by atoms with Crippen LogP contribution in [0.15, 0.2) is 30.6 Å². The average Bonchev–Trinajstić information content (AvgIpc) is 3.19. The number of aryl methyl sites for hydroxylation is 2. The molecule has 1 fully saturated rings. The Balaban J connectivity index is 1.49. The molecule has 1 N–H and O–H groups in total. The molecule has 0 aliphatic heterocycles. The minimum atomic E-state index is 0.427. The minimum absolute atomic E-state index is 0.427. The lowest BCUT2D eigenvalue weighted by molar-refractivity contribution is 0.167. The zero-order valence-corrected chi connectivity index (χ0v) is 16.8. The molecule has 1 aliphatic rings. The molecule has 0 radical (unpaired) electrons. The van der Waals surface area contributed by atoms with E-state index in [4.69, 9.17) is 4.98 Å². The number of imidazole rings is 1. The van der Waals surface area contributed by atoms with Crippen LogP contribution < -0.4 is 5.32 Å².